The maximum atomic E-state index is 14.3. The zero-order chi connectivity index (χ0) is 27.6. The zero-order valence-corrected chi connectivity index (χ0v) is 22.8. The van der Waals surface area contributed by atoms with Gasteiger partial charge in [0.1, 0.15) is 24.1 Å². The molecule has 3 heterocycles. The third-order valence-electron chi connectivity index (χ3n) is 7.46. The first-order valence-corrected chi connectivity index (χ1v) is 16.3. The molecule has 9 nitrogen and oxygen atoms in total. The Balaban J connectivity index is 1.21. The van der Waals surface area contributed by atoms with Gasteiger partial charge < -0.3 is 19.3 Å². The van der Waals surface area contributed by atoms with Gasteiger partial charge in [-0.05, 0) is 35.4 Å². The van der Waals surface area contributed by atoms with Crippen LogP contribution in [0.1, 0.15) is 0 Å². The number of nitrogens with zero attached hydrogens (tertiary/aromatic N) is 2. The van der Waals surface area contributed by atoms with E-state index in [4.69, 9.17) is 9.05 Å². The second-order valence-electron chi connectivity index (χ2n) is 9.89. The van der Waals surface area contributed by atoms with Crippen molar-refractivity contribution >= 4 is 31.4 Å². The minimum absolute atomic E-state index is 0.401. The van der Waals surface area contributed by atoms with E-state index in [0.29, 0.717) is 33.2 Å². The fraction of sp³-hybridized carbons (Fsp3) is 0.138. The summed E-state index contributed by atoms with van der Waals surface area (Å²) in [5, 5.41) is 22.7. The van der Waals surface area contributed by atoms with Gasteiger partial charge in [0.05, 0.1) is 10.6 Å². The maximum absolute atomic E-state index is 14.3. The van der Waals surface area contributed by atoms with E-state index in [1.807, 2.05) is 48.5 Å². The Morgan fingerprint density at radius 3 is 1.35 bits per heavy atom. The summed E-state index contributed by atoms with van der Waals surface area (Å²) in [6, 6.07) is 27.6. The minimum atomic E-state index is -3.76. The average Bonchev–Trinajstić information content (AvgIpc) is 3.16. The van der Waals surface area contributed by atoms with Gasteiger partial charge in [0.25, 0.3) is 14.7 Å². The molecule has 4 aromatic carbocycles. The van der Waals surface area contributed by atoms with E-state index < -0.39 is 45.8 Å². The first-order valence-electron chi connectivity index (χ1n) is 12.7. The van der Waals surface area contributed by atoms with Gasteiger partial charge >= 0.3 is 6.03 Å². The van der Waals surface area contributed by atoms with Gasteiger partial charge in [-0.2, -0.15) is 0 Å². The summed E-state index contributed by atoms with van der Waals surface area (Å²) in [7, 11) is -7.52. The number of rotatable bonds is 4. The van der Waals surface area contributed by atoms with E-state index in [1.54, 1.807) is 48.5 Å². The van der Waals surface area contributed by atoms with E-state index in [2.05, 4.69) is 0 Å². The monoisotopic (exact) mass is 574 g/mol. The molecule has 1 fully saturated rings. The Hall–Kier alpha value is -3.87. The van der Waals surface area contributed by atoms with Crippen LogP contribution in [0.15, 0.2) is 97.1 Å². The molecule has 0 radical (unpaired) electrons. The lowest BCUT2D eigenvalue weighted by molar-refractivity contribution is -0.0592. The third-order valence-corrected chi connectivity index (χ3v) is 12.0. The van der Waals surface area contributed by atoms with Crippen LogP contribution in [0.3, 0.4) is 0 Å². The Morgan fingerprint density at radius 2 is 0.925 bits per heavy atom. The van der Waals surface area contributed by atoms with Crippen LogP contribution in [0.2, 0.25) is 0 Å². The summed E-state index contributed by atoms with van der Waals surface area (Å²) in [6.45, 7) is 0. The van der Waals surface area contributed by atoms with Gasteiger partial charge in [-0.25, -0.2) is 4.79 Å². The van der Waals surface area contributed by atoms with Crippen molar-refractivity contribution in [1.82, 2.24) is 9.80 Å². The lowest BCUT2D eigenvalue weighted by Crippen LogP contribution is -2.39. The number of fused-ring (bicyclic) bond motifs is 6. The molecular weight excluding hydrogens is 550 g/mol. The molecule has 1 saturated heterocycles. The highest BCUT2D eigenvalue weighted by Crippen LogP contribution is 2.57. The van der Waals surface area contributed by atoms with E-state index in [1.165, 1.54) is 0 Å². The van der Waals surface area contributed by atoms with Gasteiger partial charge in [-0.3, -0.25) is 18.9 Å². The third kappa shape index (κ3) is 3.74. The fourth-order valence-corrected chi connectivity index (χ4v) is 10.3. The molecule has 3 aliphatic heterocycles. The number of carbonyl (C=O) groups excluding carboxylic acids is 1. The molecule has 4 aromatic rings. The predicted octanol–water partition coefficient (Wildman–Crippen LogP) is 4.60. The van der Waals surface area contributed by atoms with Crippen LogP contribution in [-0.2, 0) is 9.13 Å². The molecule has 0 bridgehead atoms. The highest BCUT2D eigenvalue weighted by molar-refractivity contribution is 7.68. The Kier molecular flexibility index (Phi) is 5.70. The molecule has 0 aliphatic carbocycles. The molecule has 0 aromatic heterocycles. The second kappa shape index (κ2) is 9.08. The summed E-state index contributed by atoms with van der Waals surface area (Å²) in [5.74, 6) is 0.803. The molecular formula is C29H24N2O7P2. The average molecular weight is 574 g/mol. The van der Waals surface area contributed by atoms with Crippen molar-refractivity contribution in [1.29, 1.82) is 0 Å². The Bertz CT molecular complexity index is 1650. The number of carbonyl (C=O) groups is 1. The van der Waals surface area contributed by atoms with Crippen LogP contribution in [0.25, 0.3) is 22.3 Å². The lowest BCUT2D eigenvalue weighted by Gasteiger charge is -2.32. The first kappa shape index (κ1) is 25.1. The van der Waals surface area contributed by atoms with Crippen LogP contribution >= 0.6 is 14.7 Å². The van der Waals surface area contributed by atoms with Crippen LogP contribution in [0, 0.1) is 0 Å². The van der Waals surface area contributed by atoms with Gasteiger partial charge in [0.15, 0.2) is 12.5 Å². The van der Waals surface area contributed by atoms with Gasteiger partial charge in [0, 0.05) is 11.1 Å². The molecule has 4 unspecified atom stereocenters. The highest BCUT2D eigenvalue weighted by atomic mass is 31.2. The van der Waals surface area contributed by atoms with E-state index >= 15 is 0 Å². The topological polar surface area (TPSA) is 117 Å². The van der Waals surface area contributed by atoms with E-state index in [9.17, 15) is 24.1 Å². The summed E-state index contributed by atoms with van der Waals surface area (Å²) in [6.07, 6.45) is -4.44. The van der Waals surface area contributed by atoms with Crippen molar-refractivity contribution < 1.29 is 33.2 Å². The second-order valence-corrected chi connectivity index (χ2v) is 14.5. The molecule has 0 spiro atoms. The fourth-order valence-electron chi connectivity index (χ4n) is 5.56. The highest BCUT2D eigenvalue weighted by Gasteiger charge is 2.52. The Labute approximate surface area is 230 Å². The summed E-state index contributed by atoms with van der Waals surface area (Å²) >= 11 is 0. The molecule has 4 atom stereocenters. The van der Waals surface area contributed by atoms with E-state index in [0.717, 1.165) is 20.9 Å². The largest absolute Gasteiger partial charge is 0.438 e. The van der Waals surface area contributed by atoms with Crippen molar-refractivity contribution in [3.05, 3.63) is 97.1 Å². The summed E-state index contributed by atoms with van der Waals surface area (Å²) in [4.78, 5) is 15.5. The number of amides is 2. The normalized spacial score (nSPS) is 26.2. The molecule has 202 valence electrons. The van der Waals surface area contributed by atoms with Crippen molar-refractivity contribution in [3.63, 3.8) is 0 Å². The molecule has 2 amide bonds. The van der Waals surface area contributed by atoms with Crippen molar-refractivity contribution in [3.8, 4) is 33.8 Å². The standard InChI is InChI=1S/C29H24N2O7P2/c32-27-28(33)31(18-40(36)26-16-8-4-12-22(26)20-10-2-6-14-24(20)38-40)29(34)30(27)17-39(35)25-15-7-3-11-21(25)19-9-1-5-13-23(19)37-39/h1-16,27-28,32-33H,17-18H2. The van der Waals surface area contributed by atoms with Crippen LogP contribution in [-0.4, -0.2) is 51.1 Å². The molecule has 40 heavy (non-hydrogen) atoms. The quantitative estimate of drug-likeness (QED) is 0.342. The van der Waals surface area contributed by atoms with Crippen molar-refractivity contribution in [2.24, 2.45) is 0 Å². The number of para-hydroxylation sites is 2. The number of aliphatic hydroxyl groups excluding tert-OH is 2. The molecule has 0 saturated carbocycles. The number of urea groups is 1. The first-order chi connectivity index (χ1) is 19.3. The predicted molar refractivity (Wildman–Crippen MR) is 150 cm³/mol. The smallest absolute Gasteiger partial charge is 0.325 e. The molecule has 7 rings (SSSR count). The van der Waals surface area contributed by atoms with Crippen LogP contribution < -0.4 is 19.7 Å². The van der Waals surface area contributed by atoms with Crippen molar-refractivity contribution in [2.75, 3.05) is 12.6 Å². The summed E-state index contributed by atoms with van der Waals surface area (Å²) < 4.78 is 40.7. The molecule has 11 heteroatoms. The number of benzene rings is 4. The molecule has 3 aliphatic rings. The van der Waals surface area contributed by atoms with Crippen LogP contribution in [0.4, 0.5) is 4.79 Å². The molecule has 2 N–H and O–H groups in total. The van der Waals surface area contributed by atoms with Crippen molar-refractivity contribution in [2.45, 2.75) is 12.5 Å². The number of hydrogen-bond acceptors (Lipinski definition) is 7. The SMILES string of the molecule is O=C1N(CP2(=O)Oc3ccccc3-c3ccccc32)C(O)C(O)N1CP1(=O)Oc2ccccc2-c2ccccc21. The number of hydrogen-bond donors (Lipinski definition) is 2. The van der Waals surface area contributed by atoms with E-state index in [-0.39, 0.29) is 0 Å². The lowest BCUT2D eigenvalue weighted by atomic mass is 10.0. The zero-order valence-electron chi connectivity index (χ0n) is 21.0. The van der Waals surface area contributed by atoms with Gasteiger partial charge in [-0.1, -0.05) is 72.8 Å². The summed E-state index contributed by atoms with van der Waals surface area (Å²) in [5.41, 5.74) is 2.96. The number of aliphatic hydroxyl groups is 2. The maximum Gasteiger partial charge on any atom is 0.325 e. The van der Waals surface area contributed by atoms with Gasteiger partial charge in [0.2, 0.25) is 0 Å². The van der Waals surface area contributed by atoms with Gasteiger partial charge in [-0.15, -0.1) is 0 Å². The van der Waals surface area contributed by atoms with Crippen LogP contribution in [0.5, 0.6) is 11.5 Å². The minimum Gasteiger partial charge on any atom is -0.438 e. The Morgan fingerprint density at radius 1 is 0.575 bits per heavy atom.